The van der Waals surface area contributed by atoms with E-state index in [1.165, 1.54) is 37.4 Å². The first-order chi connectivity index (χ1) is 19.0. The molecule has 0 saturated carbocycles. The van der Waals surface area contributed by atoms with Gasteiger partial charge in [-0.3, -0.25) is 14.4 Å². The molecule has 1 aliphatic rings. The molecule has 0 radical (unpaired) electrons. The van der Waals surface area contributed by atoms with E-state index in [2.05, 4.69) is 10.6 Å². The number of fused-ring (bicyclic) bond motifs is 1. The molecule has 214 valence electrons. The molecular weight excluding hydrogens is 558 g/mol. The van der Waals surface area contributed by atoms with E-state index in [0.717, 1.165) is 0 Å². The fourth-order valence-corrected chi connectivity index (χ4v) is 6.65. The maximum Gasteiger partial charge on any atom is 0.287 e. The number of nitrogens with zero attached hydrogens (tertiary/aromatic N) is 1. The van der Waals surface area contributed by atoms with Crippen LogP contribution in [-0.4, -0.2) is 62.6 Å². The predicted molar refractivity (Wildman–Crippen MR) is 150 cm³/mol. The Morgan fingerprint density at radius 1 is 1.20 bits per heavy atom. The SMILES string of the molecule is COc1cccc2cc(C(=O)NC(CC(C)C)C(=O)N([C@H]3CCCNCC3=O)S(=O)(=O)c3cccc(Cl)c3)oc12. The summed E-state index contributed by atoms with van der Waals surface area (Å²) < 4.78 is 39.6. The Morgan fingerprint density at radius 2 is 1.95 bits per heavy atom. The van der Waals surface area contributed by atoms with E-state index in [1.807, 2.05) is 13.8 Å². The van der Waals surface area contributed by atoms with Crippen LogP contribution >= 0.6 is 11.6 Å². The highest BCUT2D eigenvalue weighted by molar-refractivity contribution is 7.89. The van der Waals surface area contributed by atoms with Gasteiger partial charge in [-0.25, -0.2) is 12.7 Å². The number of carbonyl (C=O) groups excluding carboxylic acids is 3. The number of para-hydroxylation sites is 1. The largest absolute Gasteiger partial charge is 0.493 e. The van der Waals surface area contributed by atoms with Gasteiger partial charge in [0.1, 0.15) is 12.1 Å². The molecule has 0 aliphatic carbocycles. The van der Waals surface area contributed by atoms with Crippen molar-refractivity contribution in [1.29, 1.82) is 0 Å². The molecule has 2 amide bonds. The third-order valence-electron chi connectivity index (χ3n) is 6.62. The number of ether oxygens (including phenoxy) is 1. The number of halogens is 1. The van der Waals surface area contributed by atoms with E-state index in [0.29, 0.717) is 34.0 Å². The lowest BCUT2D eigenvalue weighted by molar-refractivity contribution is -0.135. The predicted octanol–water partition coefficient (Wildman–Crippen LogP) is 3.78. The van der Waals surface area contributed by atoms with Crippen LogP contribution in [0.15, 0.2) is 57.8 Å². The molecule has 1 fully saturated rings. The van der Waals surface area contributed by atoms with Crippen LogP contribution in [0.5, 0.6) is 5.75 Å². The Bertz CT molecular complexity index is 1520. The number of Topliss-reactive ketones (excluding diaryl/α,β-unsaturated/α-hetero) is 1. The summed E-state index contributed by atoms with van der Waals surface area (Å²) >= 11 is 6.08. The number of ketones is 1. The summed E-state index contributed by atoms with van der Waals surface area (Å²) in [4.78, 5) is 40.4. The average molecular weight is 590 g/mol. The lowest BCUT2D eigenvalue weighted by Crippen LogP contribution is -2.56. The third-order valence-corrected chi connectivity index (χ3v) is 8.65. The zero-order valence-corrected chi connectivity index (χ0v) is 24.0. The molecule has 1 aromatic heterocycles. The number of rotatable bonds is 9. The second-order valence-electron chi connectivity index (χ2n) is 10.0. The summed E-state index contributed by atoms with van der Waals surface area (Å²) in [5.41, 5.74) is 0.364. The van der Waals surface area contributed by atoms with Crippen molar-refractivity contribution in [3.63, 3.8) is 0 Å². The zero-order valence-electron chi connectivity index (χ0n) is 22.5. The van der Waals surface area contributed by atoms with Crippen LogP contribution in [0.2, 0.25) is 5.02 Å². The number of hydrogen-bond donors (Lipinski definition) is 2. The van der Waals surface area contributed by atoms with Crippen molar-refractivity contribution in [2.24, 2.45) is 5.92 Å². The Hall–Kier alpha value is -3.41. The first-order valence-corrected chi connectivity index (χ1v) is 14.8. The number of nitrogens with one attached hydrogen (secondary N) is 2. The van der Waals surface area contributed by atoms with E-state index < -0.39 is 39.7 Å². The Balaban J connectivity index is 1.74. The molecule has 1 unspecified atom stereocenters. The van der Waals surface area contributed by atoms with E-state index in [1.54, 1.807) is 18.2 Å². The molecule has 40 heavy (non-hydrogen) atoms. The van der Waals surface area contributed by atoms with Crippen LogP contribution in [-0.2, 0) is 19.6 Å². The maximum absolute atomic E-state index is 14.2. The molecule has 2 heterocycles. The lowest BCUT2D eigenvalue weighted by Gasteiger charge is -2.33. The first-order valence-electron chi connectivity index (χ1n) is 13.0. The Morgan fingerprint density at radius 3 is 2.65 bits per heavy atom. The highest BCUT2D eigenvalue weighted by Crippen LogP contribution is 2.29. The normalized spacial score (nSPS) is 16.9. The van der Waals surface area contributed by atoms with Crippen molar-refractivity contribution in [3.8, 4) is 5.75 Å². The molecule has 3 aromatic rings. The molecular formula is C28H32ClN3O7S. The summed E-state index contributed by atoms with van der Waals surface area (Å²) in [5.74, 6) is -1.78. The number of carbonyl (C=O) groups is 3. The van der Waals surface area contributed by atoms with Gasteiger partial charge in [0.05, 0.1) is 18.6 Å². The third kappa shape index (κ3) is 6.32. The number of furan rings is 1. The summed E-state index contributed by atoms with van der Waals surface area (Å²) in [7, 11) is -3.04. The van der Waals surface area contributed by atoms with Gasteiger partial charge in [0.25, 0.3) is 21.8 Å². The molecule has 1 aliphatic heterocycles. The minimum absolute atomic E-state index is 0.0694. The topological polar surface area (TPSA) is 135 Å². The summed E-state index contributed by atoms with van der Waals surface area (Å²) in [6.45, 7) is 4.11. The van der Waals surface area contributed by atoms with Crippen LogP contribution in [0, 0.1) is 5.92 Å². The number of amides is 2. The molecule has 10 nitrogen and oxygen atoms in total. The maximum atomic E-state index is 14.2. The van der Waals surface area contributed by atoms with Crippen molar-refractivity contribution in [3.05, 3.63) is 59.3 Å². The van der Waals surface area contributed by atoms with E-state index >= 15 is 0 Å². The van der Waals surface area contributed by atoms with Crippen molar-refractivity contribution < 1.29 is 32.0 Å². The standard InChI is InChI=1S/C28H32ClN3O7S/c1-17(2)13-21(31-27(34)25-14-18-7-4-11-24(38-3)26(18)39-25)28(35)32(22-10-6-12-30-16-23(22)33)40(36,37)20-9-5-8-19(29)15-20/h4-5,7-9,11,14-15,17,21-22,30H,6,10,12-13,16H2,1-3H3,(H,31,34)/t21?,22-/m0/s1. The minimum Gasteiger partial charge on any atom is -0.493 e. The van der Waals surface area contributed by atoms with Crippen LogP contribution in [0.1, 0.15) is 43.7 Å². The van der Waals surface area contributed by atoms with E-state index in [4.69, 9.17) is 20.8 Å². The summed E-state index contributed by atoms with van der Waals surface area (Å²) in [6, 6.07) is 9.72. The molecule has 2 N–H and O–H groups in total. The Labute approximate surface area is 238 Å². The number of methoxy groups -OCH3 is 1. The molecule has 2 aromatic carbocycles. The van der Waals surface area contributed by atoms with E-state index in [9.17, 15) is 22.8 Å². The lowest BCUT2D eigenvalue weighted by atomic mass is 10.0. The molecule has 4 rings (SSSR count). The highest BCUT2D eigenvalue weighted by atomic mass is 35.5. The van der Waals surface area contributed by atoms with Gasteiger partial charge in [0, 0.05) is 10.4 Å². The van der Waals surface area contributed by atoms with Gasteiger partial charge in [-0.15, -0.1) is 0 Å². The zero-order chi connectivity index (χ0) is 29.0. The average Bonchev–Trinajstić information content (AvgIpc) is 3.25. The smallest absolute Gasteiger partial charge is 0.287 e. The van der Waals surface area contributed by atoms with Gasteiger partial charge in [0.15, 0.2) is 22.9 Å². The first kappa shape index (κ1) is 29.6. The number of benzene rings is 2. The van der Waals surface area contributed by atoms with Crippen molar-refractivity contribution >= 4 is 50.2 Å². The van der Waals surface area contributed by atoms with Gasteiger partial charge in [0.2, 0.25) is 0 Å². The van der Waals surface area contributed by atoms with Crippen molar-refractivity contribution in [1.82, 2.24) is 14.9 Å². The van der Waals surface area contributed by atoms with Gasteiger partial charge >= 0.3 is 0 Å². The quantitative estimate of drug-likeness (QED) is 0.385. The fraction of sp³-hybridized carbons (Fsp3) is 0.393. The van der Waals surface area contributed by atoms with Crippen LogP contribution in [0.3, 0.4) is 0 Å². The molecule has 1 saturated heterocycles. The second kappa shape index (κ2) is 12.4. The number of sulfonamides is 1. The van der Waals surface area contributed by atoms with Gasteiger partial charge in [-0.05, 0) is 62.1 Å². The monoisotopic (exact) mass is 589 g/mol. The van der Waals surface area contributed by atoms with Gasteiger partial charge < -0.3 is 19.8 Å². The highest BCUT2D eigenvalue weighted by Gasteiger charge is 2.43. The molecule has 0 bridgehead atoms. The van der Waals surface area contributed by atoms with Crippen LogP contribution in [0.4, 0.5) is 0 Å². The van der Waals surface area contributed by atoms with Crippen LogP contribution < -0.4 is 15.4 Å². The molecule has 12 heteroatoms. The summed E-state index contributed by atoms with van der Waals surface area (Å²) in [5, 5.41) is 6.41. The summed E-state index contributed by atoms with van der Waals surface area (Å²) in [6.07, 6.45) is 0.741. The number of hydrogen-bond acceptors (Lipinski definition) is 8. The van der Waals surface area contributed by atoms with Gasteiger partial charge in [-0.1, -0.05) is 43.6 Å². The Kier molecular flexibility index (Phi) is 9.17. The van der Waals surface area contributed by atoms with Gasteiger partial charge in [-0.2, -0.15) is 0 Å². The van der Waals surface area contributed by atoms with Crippen LogP contribution in [0.25, 0.3) is 11.0 Å². The van der Waals surface area contributed by atoms with Crippen molar-refractivity contribution in [2.75, 3.05) is 20.2 Å². The second-order valence-corrected chi connectivity index (χ2v) is 12.3. The van der Waals surface area contributed by atoms with E-state index in [-0.39, 0.29) is 41.0 Å². The fourth-order valence-electron chi connectivity index (χ4n) is 4.72. The molecule has 2 atom stereocenters. The molecule has 0 spiro atoms. The minimum atomic E-state index is -4.52. The van der Waals surface area contributed by atoms with Crippen molar-refractivity contribution in [2.45, 2.75) is 50.1 Å².